The van der Waals surface area contributed by atoms with Gasteiger partial charge in [-0.3, -0.25) is 4.98 Å². The first kappa shape index (κ1) is 18.9. The Hall–Kier alpha value is -3.63. The average molecular weight is 448 g/mol. The van der Waals surface area contributed by atoms with Crippen molar-refractivity contribution < 1.29 is 8.78 Å². The minimum Gasteiger partial charge on any atom is -0.256 e. The smallest absolute Gasteiger partial charge is 0.159 e. The summed E-state index contributed by atoms with van der Waals surface area (Å²) in [6.07, 6.45) is 1.87. The van der Waals surface area contributed by atoms with E-state index in [9.17, 15) is 8.78 Å². The van der Waals surface area contributed by atoms with Crippen LogP contribution in [0.25, 0.3) is 54.3 Å². The van der Waals surface area contributed by atoms with Crippen molar-refractivity contribution in [3.8, 4) is 11.3 Å². The van der Waals surface area contributed by atoms with E-state index in [1.165, 1.54) is 44.2 Å². The first-order chi connectivity index (χ1) is 15.9. The zero-order chi connectivity index (χ0) is 22.5. The van der Waals surface area contributed by atoms with Gasteiger partial charge in [0.25, 0.3) is 0 Å². The van der Waals surface area contributed by atoms with Crippen LogP contribution in [0.2, 0.25) is 13.1 Å². The van der Waals surface area contributed by atoms with Gasteiger partial charge < -0.3 is 0 Å². The molecule has 1 aliphatic heterocycles. The Balaban J connectivity index is 1.70. The molecule has 5 aromatic carbocycles. The molecule has 0 aliphatic carbocycles. The van der Waals surface area contributed by atoms with E-state index < -0.39 is 19.7 Å². The van der Waals surface area contributed by atoms with Crippen LogP contribution >= 0.6 is 0 Å². The van der Waals surface area contributed by atoms with Gasteiger partial charge in [0.15, 0.2) is 11.6 Å². The molecule has 0 saturated heterocycles. The van der Waals surface area contributed by atoms with E-state index in [1.54, 1.807) is 0 Å². The van der Waals surface area contributed by atoms with Crippen LogP contribution in [-0.2, 0) is 0 Å². The summed E-state index contributed by atoms with van der Waals surface area (Å²) >= 11 is 0. The standard InChI is InChI=1S/C29H19F2NSi/c1-33(2)26-13-17-6-4-3-5-16(17)11-23(26)29-28-20(9-10-32-29)19-8-7-18-12-24(30)25(31)14-21(18)22(19)15-27(28)33/h3-15H,1-2H3. The molecule has 33 heavy (non-hydrogen) atoms. The third-order valence-electron chi connectivity index (χ3n) is 7.39. The van der Waals surface area contributed by atoms with Gasteiger partial charge in [-0.15, -0.1) is 0 Å². The Bertz CT molecular complexity index is 1820. The molecule has 0 amide bonds. The summed E-state index contributed by atoms with van der Waals surface area (Å²) in [7, 11) is -2.12. The minimum atomic E-state index is -2.12. The summed E-state index contributed by atoms with van der Waals surface area (Å²) in [5.41, 5.74) is 2.24. The molecule has 4 heteroatoms. The predicted octanol–water partition coefficient (Wildman–Crippen LogP) is 6.78. The molecule has 0 radical (unpaired) electrons. The molecular weight excluding hydrogens is 428 g/mol. The van der Waals surface area contributed by atoms with E-state index in [2.05, 4.69) is 61.6 Å². The van der Waals surface area contributed by atoms with Gasteiger partial charge in [-0.1, -0.05) is 61.6 Å². The van der Waals surface area contributed by atoms with Gasteiger partial charge in [-0.25, -0.2) is 8.78 Å². The average Bonchev–Trinajstić information content (AvgIpc) is 2.82. The molecule has 1 aromatic heterocycles. The molecule has 158 valence electrons. The highest BCUT2D eigenvalue weighted by Gasteiger charge is 2.37. The highest BCUT2D eigenvalue weighted by molar-refractivity contribution is 7.03. The topological polar surface area (TPSA) is 12.9 Å². The number of hydrogen-bond acceptors (Lipinski definition) is 1. The fourth-order valence-corrected chi connectivity index (χ4v) is 8.76. The maximum absolute atomic E-state index is 14.3. The quantitative estimate of drug-likeness (QED) is 0.185. The van der Waals surface area contributed by atoms with E-state index in [0.717, 1.165) is 27.2 Å². The molecule has 0 spiro atoms. The van der Waals surface area contributed by atoms with E-state index >= 15 is 0 Å². The van der Waals surface area contributed by atoms with Gasteiger partial charge in [-0.2, -0.15) is 0 Å². The first-order valence-corrected chi connectivity index (χ1v) is 14.1. The number of fused-ring (bicyclic) bond motifs is 7. The zero-order valence-corrected chi connectivity index (χ0v) is 19.2. The number of pyridine rings is 1. The van der Waals surface area contributed by atoms with Crippen LogP contribution in [0.15, 0.2) is 79.0 Å². The monoisotopic (exact) mass is 447 g/mol. The molecule has 0 fully saturated rings. The number of halogens is 2. The van der Waals surface area contributed by atoms with Gasteiger partial charge in [0.2, 0.25) is 0 Å². The predicted molar refractivity (Wildman–Crippen MR) is 136 cm³/mol. The Labute approximate surface area is 190 Å². The second-order valence-corrected chi connectivity index (χ2v) is 13.9. The lowest BCUT2D eigenvalue weighted by Crippen LogP contribution is -2.56. The number of rotatable bonds is 0. The highest BCUT2D eigenvalue weighted by Crippen LogP contribution is 2.39. The molecule has 0 saturated carbocycles. The molecule has 6 aromatic rings. The lowest BCUT2D eigenvalue weighted by molar-refractivity contribution is 0.511. The molecular formula is C29H19F2NSi. The van der Waals surface area contributed by atoms with Gasteiger partial charge in [0.05, 0.1) is 5.69 Å². The van der Waals surface area contributed by atoms with Crippen molar-refractivity contribution in [2.45, 2.75) is 13.1 Å². The summed E-state index contributed by atoms with van der Waals surface area (Å²) in [6.45, 7) is 4.76. The third-order valence-corrected chi connectivity index (χ3v) is 10.9. The summed E-state index contributed by atoms with van der Waals surface area (Å²) < 4.78 is 28.2. The Morgan fingerprint density at radius 2 is 1.39 bits per heavy atom. The molecule has 0 N–H and O–H groups in total. The molecule has 2 heterocycles. The SMILES string of the molecule is C[Si]1(C)c2cc3ccccc3cc2-c2nccc3c2c1cc1c2cc(F)c(F)cc2ccc31. The third kappa shape index (κ3) is 2.41. The highest BCUT2D eigenvalue weighted by atomic mass is 28.3. The summed E-state index contributed by atoms with van der Waals surface area (Å²) in [6, 6.07) is 23.9. The second kappa shape index (κ2) is 6.24. The van der Waals surface area contributed by atoms with Crippen molar-refractivity contribution in [1.29, 1.82) is 0 Å². The fraction of sp³-hybridized carbons (Fsp3) is 0.0690. The van der Waals surface area contributed by atoms with Crippen molar-refractivity contribution >= 4 is 61.5 Å². The minimum absolute atomic E-state index is 0.712. The molecule has 0 unspecified atom stereocenters. The number of aromatic nitrogens is 1. The van der Waals surface area contributed by atoms with Crippen LogP contribution in [-0.4, -0.2) is 13.1 Å². The number of hydrogen-bond donors (Lipinski definition) is 0. The Kier molecular flexibility index (Phi) is 3.57. The van der Waals surface area contributed by atoms with Crippen molar-refractivity contribution in [2.24, 2.45) is 0 Å². The van der Waals surface area contributed by atoms with E-state index in [0.29, 0.717) is 5.39 Å². The normalized spacial score (nSPS) is 14.3. The molecule has 1 nitrogen and oxygen atoms in total. The molecule has 0 bridgehead atoms. The maximum atomic E-state index is 14.3. The van der Waals surface area contributed by atoms with Gasteiger partial charge in [0, 0.05) is 17.1 Å². The second-order valence-electron chi connectivity index (χ2n) is 9.52. The largest absolute Gasteiger partial charge is 0.256 e. The van der Waals surface area contributed by atoms with Crippen LogP contribution in [0.5, 0.6) is 0 Å². The Morgan fingerprint density at radius 1 is 0.636 bits per heavy atom. The van der Waals surface area contributed by atoms with Crippen molar-refractivity contribution in [3.63, 3.8) is 0 Å². The number of nitrogens with zero attached hydrogens (tertiary/aromatic N) is 1. The zero-order valence-electron chi connectivity index (χ0n) is 18.2. The summed E-state index contributed by atoms with van der Waals surface area (Å²) in [5.74, 6) is -1.63. The van der Waals surface area contributed by atoms with Crippen LogP contribution in [0.4, 0.5) is 8.78 Å². The van der Waals surface area contributed by atoms with Crippen LogP contribution in [0.3, 0.4) is 0 Å². The molecule has 0 atom stereocenters. The fourth-order valence-electron chi connectivity index (χ4n) is 5.70. The van der Waals surface area contributed by atoms with E-state index in [-0.39, 0.29) is 0 Å². The van der Waals surface area contributed by atoms with Gasteiger partial charge >= 0.3 is 0 Å². The molecule has 7 rings (SSSR count). The summed E-state index contributed by atoms with van der Waals surface area (Å²) in [4.78, 5) is 4.86. The lowest BCUT2D eigenvalue weighted by atomic mass is 9.94. The van der Waals surface area contributed by atoms with Crippen molar-refractivity contribution in [3.05, 3.63) is 90.6 Å². The summed E-state index contributed by atoms with van der Waals surface area (Å²) in [5, 5.41) is 10.9. The van der Waals surface area contributed by atoms with E-state index in [4.69, 9.17) is 4.98 Å². The van der Waals surface area contributed by atoms with Crippen molar-refractivity contribution in [1.82, 2.24) is 4.98 Å². The van der Waals surface area contributed by atoms with Crippen molar-refractivity contribution in [2.75, 3.05) is 0 Å². The van der Waals surface area contributed by atoms with Crippen LogP contribution < -0.4 is 10.4 Å². The first-order valence-electron chi connectivity index (χ1n) is 11.1. The maximum Gasteiger partial charge on any atom is 0.159 e. The van der Waals surface area contributed by atoms with E-state index in [1.807, 2.05) is 18.3 Å². The van der Waals surface area contributed by atoms with Crippen LogP contribution in [0.1, 0.15) is 0 Å². The van der Waals surface area contributed by atoms with Crippen LogP contribution in [0, 0.1) is 11.6 Å². The lowest BCUT2D eigenvalue weighted by Gasteiger charge is -2.34. The van der Waals surface area contributed by atoms with Gasteiger partial charge in [-0.05, 0) is 72.3 Å². The number of benzene rings is 5. The Morgan fingerprint density at radius 3 is 2.21 bits per heavy atom. The molecule has 1 aliphatic rings. The van der Waals surface area contributed by atoms with Gasteiger partial charge in [0.1, 0.15) is 8.07 Å².